The lowest BCUT2D eigenvalue weighted by molar-refractivity contribution is 0.171. The van der Waals surface area contributed by atoms with Gasteiger partial charge in [-0.05, 0) is 222 Å². The molecule has 74 heavy (non-hydrogen) atoms. The summed E-state index contributed by atoms with van der Waals surface area (Å²) in [6.07, 6.45) is 0. The number of benzene rings is 8. The molecular weight excluding hydrogens is 967 g/mol. The van der Waals surface area contributed by atoms with Crippen molar-refractivity contribution in [3.05, 3.63) is 166 Å². The topological polar surface area (TPSA) is 92.3 Å². The van der Waals surface area contributed by atoms with Crippen LogP contribution in [-0.2, 0) is 0 Å². The summed E-state index contributed by atoms with van der Waals surface area (Å²) in [5.74, 6) is 7.70. The molecule has 0 amide bonds. The summed E-state index contributed by atoms with van der Waals surface area (Å²) in [7, 11) is 3.91. The van der Waals surface area contributed by atoms with Gasteiger partial charge in [-0.15, -0.1) is 0 Å². The number of rotatable bonds is 15. The number of aryl methyl sites for hydroxylation is 8. The minimum Gasteiger partial charge on any atom is -0.496 e. The maximum Gasteiger partial charge on any atom is 0.231 e. The molecule has 2 aliphatic heterocycles. The van der Waals surface area contributed by atoms with Crippen molar-refractivity contribution in [3.8, 4) is 80.1 Å². The van der Waals surface area contributed by atoms with E-state index < -0.39 is 15.8 Å². The van der Waals surface area contributed by atoms with Crippen molar-refractivity contribution in [3.63, 3.8) is 0 Å². The Labute approximate surface area is 436 Å². The second kappa shape index (κ2) is 20.9. The Morgan fingerprint density at radius 3 is 0.851 bits per heavy atom. The molecule has 12 heteroatoms. The van der Waals surface area contributed by atoms with Gasteiger partial charge in [-0.25, -0.2) is 0 Å². The average Bonchev–Trinajstić information content (AvgIpc) is 4.07. The van der Waals surface area contributed by atoms with Crippen LogP contribution >= 0.6 is 15.8 Å². The highest BCUT2D eigenvalue weighted by Crippen LogP contribution is 2.59. The zero-order valence-corrected chi connectivity index (χ0v) is 45.7. The molecule has 0 atom stereocenters. The van der Waals surface area contributed by atoms with Gasteiger partial charge >= 0.3 is 0 Å². The first-order valence-corrected chi connectivity index (χ1v) is 27.1. The number of hydrogen-bond donors (Lipinski definition) is 0. The van der Waals surface area contributed by atoms with Crippen molar-refractivity contribution in [1.29, 1.82) is 0 Å². The Bertz CT molecular complexity index is 3010. The van der Waals surface area contributed by atoms with Crippen LogP contribution in [0.1, 0.15) is 44.5 Å². The minimum atomic E-state index is -1.50. The van der Waals surface area contributed by atoms with Crippen LogP contribution in [0.2, 0.25) is 0 Å². The van der Waals surface area contributed by atoms with Gasteiger partial charge < -0.3 is 47.4 Å². The SMILES string of the molecule is COc1c(C)cc(P(c2cc(C)c(OC)c(C)c2)c2cc(Oc3ccccc3)c3c(c2-c2c(P(c4cc(C)c(OC)c(C)c4)c4cc(C)c(OC)c(C)c4)cc(Oc4ccccc4)c4c2OCO4)OCO3)cc1C. The van der Waals surface area contributed by atoms with Gasteiger partial charge in [0.2, 0.25) is 25.1 Å². The van der Waals surface area contributed by atoms with Gasteiger partial charge in [0, 0.05) is 21.7 Å². The molecular formula is C62H60O10P2. The fourth-order valence-corrected chi connectivity index (χ4v) is 16.3. The smallest absolute Gasteiger partial charge is 0.231 e. The van der Waals surface area contributed by atoms with Crippen molar-refractivity contribution in [2.75, 3.05) is 42.0 Å². The van der Waals surface area contributed by atoms with E-state index in [1.54, 1.807) is 28.4 Å². The van der Waals surface area contributed by atoms with E-state index in [4.69, 9.17) is 47.4 Å². The number of methoxy groups -OCH3 is 4. The van der Waals surface area contributed by atoms with Crippen LogP contribution < -0.4 is 79.2 Å². The summed E-state index contributed by atoms with van der Waals surface area (Å²) in [5, 5.41) is 6.26. The monoisotopic (exact) mass is 1030 g/mol. The van der Waals surface area contributed by atoms with E-state index in [1.165, 1.54) is 0 Å². The molecule has 0 spiro atoms. The van der Waals surface area contributed by atoms with Crippen LogP contribution in [0.4, 0.5) is 0 Å². The van der Waals surface area contributed by atoms with E-state index in [9.17, 15) is 0 Å². The number of fused-ring (bicyclic) bond motifs is 2. The summed E-state index contributed by atoms with van der Waals surface area (Å²) >= 11 is 0. The normalized spacial score (nSPS) is 12.4. The van der Waals surface area contributed by atoms with E-state index in [-0.39, 0.29) is 13.6 Å². The summed E-state index contributed by atoms with van der Waals surface area (Å²) in [6.45, 7) is 16.7. The molecule has 0 radical (unpaired) electrons. The zero-order chi connectivity index (χ0) is 51.9. The van der Waals surface area contributed by atoms with Gasteiger partial charge in [-0.1, -0.05) is 36.4 Å². The van der Waals surface area contributed by atoms with E-state index in [2.05, 4.69) is 116 Å². The standard InChI is InChI=1S/C62H60O10P2/c1-35-23-45(24-36(2)55(35)63-9)73(46-25-37(3)56(64-10)38(4)26-46)51-31-49(71-43-19-15-13-16-20-43)59-61(69-33-67-59)53(51)54-52(32-50(60-62(54)70-34-68-60)72-44-21-17-14-18-22-44)74(47-27-39(5)57(65-11)40(6)28-47)48-29-41(7)58(66-12)42(8)30-48/h13-32H,33-34H2,1-12H3. The zero-order valence-electron chi connectivity index (χ0n) is 43.9. The van der Waals surface area contributed by atoms with Gasteiger partial charge in [0.15, 0.2) is 23.0 Å². The lowest BCUT2D eigenvalue weighted by Gasteiger charge is -2.30. The van der Waals surface area contributed by atoms with Crippen LogP contribution in [0, 0.1) is 55.4 Å². The molecule has 8 aromatic carbocycles. The third-order valence-electron chi connectivity index (χ3n) is 13.5. The van der Waals surface area contributed by atoms with E-state index >= 15 is 0 Å². The minimum absolute atomic E-state index is 0.0387. The van der Waals surface area contributed by atoms with Gasteiger partial charge in [-0.3, -0.25) is 0 Å². The van der Waals surface area contributed by atoms with E-state index in [0.29, 0.717) is 46.0 Å². The third-order valence-corrected chi connectivity index (χ3v) is 18.2. The van der Waals surface area contributed by atoms with Crippen molar-refractivity contribution < 1.29 is 47.4 Å². The van der Waals surface area contributed by atoms with Gasteiger partial charge in [0.1, 0.15) is 34.5 Å². The molecule has 2 heterocycles. The molecule has 0 bridgehead atoms. The quantitative estimate of drug-likeness (QED) is 0.0925. The number of ether oxygens (including phenoxy) is 10. The molecule has 0 fully saturated rings. The Kier molecular flexibility index (Phi) is 14.1. The number of para-hydroxylation sites is 2. The fourth-order valence-electron chi connectivity index (χ4n) is 10.6. The molecule has 8 aromatic rings. The van der Waals surface area contributed by atoms with Crippen molar-refractivity contribution in [2.45, 2.75) is 55.4 Å². The first-order valence-electron chi connectivity index (χ1n) is 24.4. The largest absolute Gasteiger partial charge is 0.496 e. The van der Waals surface area contributed by atoms with E-state index in [0.717, 1.165) is 110 Å². The van der Waals surface area contributed by atoms with Crippen molar-refractivity contribution in [2.24, 2.45) is 0 Å². The summed E-state index contributed by atoms with van der Waals surface area (Å²) in [5.41, 5.74) is 9.69. The molecule has 10 nitrogen and oxygen atoms in total. The molecule has 2 aliphatic rings. The highest BCUT2D eigenvalue weighted by Gasteiger charge is 2.40. The second-order valence-corrected chi connectivity index (χ2v) is 23.0. The van der Waals surface area contributed by atoms with Gasteiger partial charge in [0.25, 0.3) is 0 Å². The lowest BCUT2D eigenvalue weighted by atomic mass is 10.0. The average molecular weight is 1030 g/mol. The molecule has 0 N–H and O–H groups in total. The third kappa shape index (κ3) is 9.20. The molecule has 0 saturated heterocycles. The van der Waals surface area contributed by atoms with Crippen LogP contribution in [0.15, 0.2) is 121 Å². The molecule has 0 saturated carbocycles. The first kappa shape index (κ1) is 50.2. The summed E-state index contributed by atoms with van der Waals surface area (Å²) in [4.78, 5) is 0. The molecule has 0 aromatic heterocycles. The van der Waals surface area contributed by atoms with Crippen molar-refractivity contribution >= 4 is 47.7 Å². The first-order chi connectivity index (χ1) is 35.8. The van der Waals surface area contributed by atoms with Crippen molar-refractivity contribution in [1.82, 2.24) is 0 Å². The Morgan fingerprint density at radius 2 is 0.595 bits per heavy atom. The van der Waals surface area contributed by atoms with Crippen LogP contribution in [-0.4, -0.2) is 42.0 Å². The Balaban J connectivity index is 1.40. The highest BCUT2D eigenvalue weighted by molar-refractivity contribution is 7.81. The maximum absolute atomic E-state index is 6.90. The highest BCUT2D eigenvalue weighted by atomic mass is 31.1. The van der Waals surface area contributed by atoms with Crippen LogP contribution in [0.5, 0.6) is 69.0 Å². The van der Waals surface area contributed by atoms with E-state index in [1.807, 2.05) is 60.7 Å². The number of hydrogen-bond acceptors (Lipinski definition) is 10. The summed E-state index contributed by atoms with van der Waals surface area (Å²) in [6, 6.07) is 41.8. The fraction of sp³-hybridized carbons (Fsp3) is 0.226. The maximum atomic E-state index is 6.90. The second-order valence-electron chi connectivity index (χ2n) is 18.6. The predicted octanol–water partition coefficient (Wildman–Crippen LogP) is 12.4. The van der Waals surface area contributed by atoms with Crippen LogP contribution in [0.3, 0.4) is 0 Å². The van der Waals surface area contributed by atoms with Gasteiger partial charge in [0.05, 0.1) is 28.4 Å². The molecule has 10 rings (SSSR count). The lowest BCUT2D eigenvalue weighted by Crippen LogP contribution is -2.27. The molecule has 378 valence electrons. The molecule has 0 aliphatic carbocycles. The summed E-state index contributed by atoms with van der Waals surface area (Å²) < 4.78 is 64.7. The van der Waals surface area contributed by atoms with Crippen LogP contribution in [0.25, 0.3) is 11.1 Å². The predicted molar refractivity (Wildman–Crippen MR) is 299 cm³/mol. The van der Waals surface area contributed by atoms with Gasteiger partial charge in [-0.2, -0.15) is 0 Å². The Morgan fingerprint density at radius 1 is 0.338 bits per heavy atom. The molecule has 0 unspecified atom stereocenters. The Hall–Kier alpha value is -7.38.